The average molecular weight is 901 g/mol. The van der Waals surface area contributed by atoms with Gasteiger partial charge in [-0.3, -0.25) is 13.7 Å². The molecule has 3 aromatic carbocycles. The second-order valence-corrected chi connectivity index (χ2v) is 17.3. The van der Waals surface area contributed by atoms with Gasteiger partial charge in [0.1, 0.15) is 21.3 Å². The highest BCUT2D eigenvalue weighted by molar-refractivity contribution is 7.87. The molecule has 1 aliphatic heterocycles. The molecule has 21 nitrogen and oxygen atoms in total. The van der Waals surface area contributed by atoms with Crippen LogP contribution in [0.3, 0.4) is 0 Å². The Bertz CT molecular complexity index is 2940. The first-order valence-corrected chi connectivity index (χ1v) is 22.0. The highest BCUT2D eigenvalue weighted by atomic mass is 35.5. The molecule has 0 amide bonds. The van der Waals surface area contributed by atoms with Crippen molar-refractivity contribution in [2.45, 2.75) is 55.3 Å². The van der Waals surface area contributed by atoms with E-state index in [4.69, 9.17) is 16.2 Å². The normalized spacial score (nSPS) is 14.9. The van der Waals surface area contributed by atoms with Crippen molar-refractivity contribution < 1.29 is 38.9 Å². The molecule has 0 spiro atoms. The van der Waals surface area contributed by atoms with Gasteiger partial charge in [-0.15, -0.1) is 0 Å². The number of fused-ring (bicyclic) bond motifs is 7. The molecular formula is C35H37ClN12O9S3. The van der Waals surface area contributed by atoms with E-state index in [1.807, 2.05) is 70.2 Å². The third-order valence-electron chi connectivity index (χ3n) is 7.85. The van der Waals surface area contributed by atoms with Gasteiger partial charge in [0.2, 0.25) is 29.1 Å². The van der Waals surface area contributed by atoms with Crippen LogP contribution in [0.15, 0.2) is 109 Å². The van der Waals surface area contributed by atoms with Gasteiger partial charge in [-0.05, 0) is 98.3 Å². The first kappa shape index (κ1) is 45.1. The van der Waals surface area contributed by atoms with Gasteiger partial charge in [-0.2, -0.15) is 65.4 Å². The van der Waals surface area contributed by atoms with Gasteiger partial charge in [-0.25, -0.2) is 0 Å². The monoisotopic (exact) mass is 900 g/mol. The average Bonchev–Trinajstić information content (AvgIpc) is 3.14. The molecule has 7 N–H and O–H groups in total. The minimum Gasteiger partial charge on any atom is -0.350 e. The number of hydrogen-bond acceptors (Lipinski definition) is 18. The minimum absolute atomic E-state index is 0.0956. The predicted molar refractivity (Wildman–Crippen MR) is 223 cm³/mol. The van der Waals surface area contributed by atoms with E-state index >= 15 is 0 Å². The van der Waals surface area contributed by atoms with Crippen LogP contribution in [0.5, 0.6) is 0 Å². The van der Waals surface area contributed by atoms with Crippen LogP contribution >= 0.6 is 11.6 Å². The molecule has 0 fully saturated rings. The first-order chi connectivity index (χ1) is 28.1. The van der Waals surface area contributed by atoms with Crippen molar-refractivity contribution in [3.8, 4) is 0 Å². The number of aryl methyl sites for hydroxylation is 1. The van der Waals surface area contributed by atoms with Gasteiger partial charge in [-0.1, -0.05) is 30.7 Å². The highest BCUT2D eigenvalue weighted by Gasteiger charge is 2.24. The quantitative estimate of drug-likeness (QED) is 0.0693. The maximum Gasteiger partial charge on any atom is 0.296 e. The molecule has 0 atom stereocenters. The van der Waals surface area contributed by atoms with Gasteiger partial charge in [0, 0.05) is 36.1 Å². The standard InChI is InChI=1S/C24H27ClN10.C11H10N2O9S3/c1-5-17-12-19(10-9-14(2)3)31-23-28-15(4)27-22(35-23)30-18-8-6-7-16(11-18)13-26-21-32-20(25)33-24(29-17)34-21;1-12-13-9-5-8-6(3-11(9)25(20,21)22)2-7(23(14,15)16)4-10(8)24(17,18)19/h6-12H,5,13H2,1-4H3,(H2,26,29,32,33,34)(H2,27,28,30,31,35);2-5H,1H3,(H,14,15,16)(H,17,18,19)(H,20,21,22)/b17-12+,19-10+;. The van der Waals surface area contributed by atoms with Gasteiger partial charge < -0.3 is 21.3 Å². The lowest BCUT2D eigenvalue weighted by Crippen LogP contribution is -2.10. The molecule has 6 bridgehead atoms. The number of anilines is 5. The Morgan fingerprint density at radius 2 is 1.45 bits per heavy atom. The molecule has 5 aromatic rings. The van der Waals surface area contributed by atoms with E-state index in [0.29, 0.717) is 48.6 Å². The number of allylic oxidation sites excluding steroid dienone is 5. The molecule has 316 valence electrons. The Kier molecular flexibility index (Phi) is 13.9. The fourth-order valence-electron chi connectivity index (χ4n) is 5.29. The smallest absolute Gasteiger partial charge is 0.296 e. The topological polar surface area (TPSA) is 313 Å². The maximum absolute atomic E-state index is 11.5. The Hall–Kier alpha value is -6.02. The third-order valence-corrected chi connectivity index (χ3v) is 10.6. The SMILES string of the molecule is CC/C1=C\C(=C/C=C(C)C)Nc2nc(C)nc(n2)Nc2cccc(c2)CNc2nc(Cl)nc(n2)N1.CN=Nc1cc2c(S(=O)(=O)O)cc(S(=O)(=O)O)cc2cc1S(=O)(=O)O. The van der Waals surface area contributed by atoms with E-state index in [9.17, 15) is 34.4 Å². The van der Waals surface area contributed by atoms with Gasteiger partial charge in [0.05, 0.1) is 4.90 Å². The van der Waals surface area contributed by atoms with Crippen molar-refractivity contribution in [2.75, 3.05) is 28.3 Å². The lowest BCUT2D eigenvalue weighted by atomic mass is 10.1. The summed E-state index contributed by atoms with van der Waals surface area (Å²) in [5.74, 6) is 2.18. The Balaban J connectivity index is 0.000000241. The second kappa shape index (κ2) is 18.5. The molecule has 0 radical (unpaired) electrons. The molecule has 6 rings (SSSR count). The van der Waals surface area contributed by atoms with E-state index in [0.717, 1.165) is 46.4 Å². The molecular weight excluding hydrogens is 864 g/mol. The van der Waals surface area contributed by atoms with E-state index in [2.05, 4.69) is 61.4 Å². The number of azo groups is 1. The summed E-state index contributed by atoms with van der Waals surface area (Å²) in [6.07, 6.45) is 6.62. The summed E-state index contributed by atoms with van der Waals surface area (Å²) in [5.41, 5.74) is 4.19. The number of benzene rings is 3. The molecule has 3 heterocycles. The molecule has 0 saturated heterocycles. The number of nitrogens with zero attached hydrogens (tertiary/aromatic N) is 8. The van der Waals surface area contributed by atoms with E-state index in [1.165, 1.54) is 7.05 Å². The summed E-state index contributed by atoms with van der Waals surface area (Å²) >= 11 is 6.18. The fraction of sp³-hybridized carbons (Fsp3) is 0.200. The number of rotatable bonds is 6. The lowest BCUT2D eigenvalue weighted by Gasteiger charge is -2.12. The molecule has 25 heteroatoms. The summed E-state index contributed by atoms with van der Waals surface area (Å²) in [5, 5.41) is 19.3. The highest BCUT2D eigenvalue weighted by Crippen LogP contribution is 2.35. The van der Waals surface area contributed by atoms with Crippen LogP contribution in [0.1, 0.15) is 38.6 Å². The minimum atomic E-state index is -4.95. The Morgan fingerprint density at radius 1 is 0.800 bits per heavy atom. The Labute approximate surface area is 349 Å². The third kappa shape index (κ3) is 12.3. The second-order valence-electron chi connectivity index (χ2n) is 12.8. The summed E-state index contributed by atoms with van der Waals surface area (Å²) in [6.45, 7) is 8.41. The van der Waals surface area contributed by atoms with Crippen LogP contribution in [0.2, 0.25) is 5.28 Å². The van der Waals surface area contributed by atoms with Crippen LogP contribution in [-0.2, 0) is 36.9 Å². The van der Waals surface area contributed by atoms with Crippen LogP contribution < -0.4 is 21.3 Å². The van der Waals surface area contributed by atoms with Gasteiger partial charge in [0.25, 0.3) is 30.4 Å². The zero-order valence-corrected chi connectivity index (χ0v) is 35.4. The van der Waals surface area contributed by atoms with E-state index in [1.54, 1.807) is 0 Å². The van der Waals surface area contributed by atoms with E-state index < -0.39 is 50.7 Å². The number of aromatic nitrogens is 6. The van der Waals surface area contributed by atoms with Gasteiger partial charge >= 0.3 is 0 Å². The number of hydrogen-bond donors (Lipinski definition) is 7. The van der Waals surface area contributed by atoms with Crippen molar-refractivity contribution in [1.29, 1.82) is 0 Å². The van der Waals surface area contributed by atoms with Gasteiger partial charge in [0.15, 0.2) is 0 Å². The van der Waals surface area contributed by atoms with Crippen molar-refractivity contribution >= 4 is 87.9 Å². The molecule has 0 unspecified atom stereocenters. The summed E-state index contributed by atoms with van der Waals surface area (Å²) in [6, 6.07) is 10.8. The van der Waals surface area contributed by atoms with Crippen LogP contribution in [0.4, 0.5) is 35.2 Å². The van der Waals surface area contributed by atoms with Crippen molar-refractivity contribution in [3.05, 3.63) is 100 Å². The zero-order valence-electron chi connectivity index (χ0n) is 32.2. The Morgan fingerprint density at radius 3 is 2.08 bits per heavy atom. The summed E-state index contributed by atoms with van der Waals surface area (Å²) < 4.78 is 96.2. The lowest BCUT2D eigenvalue weighted by molar-refractivity contribution is 0.480. The van der Waals surface area contributed by atoms with Crippen molar-refractivity contribution in [3.63, 3.8) is 0 Å². The molecule has 0 saturated carbocycles. The zero-order chi connectivity index (χ0) is 44.0. The predicted octanol–water partition coefficient (Wildman–Crippen LogP) is 6.65. The molecule has 0 aliphatic carbocycles. The summed E-state index contributed by atoms with van der Waals surface area (Å²) in [4.78, 5) is 23.8. The largest absolute Gasteiger partial charge is 0.350 e. The molecule has 60 heavy (non-hydrogen) atoms. The van der Waals surface area contributed by atoms with Crippen LogP contribution in [-0.4, -0.2) is 75.9 Å². The molecule has 2 aromatic heterocycles. The first-order valence-electron chi connectivity index (χ1n) is 17.3. The van der Waals surface area contributed by atoms with E-state index in [-0.39, 0.29) is 16.1 Å². The van der Waals surface area contributed by atoms with Crippen LogP contribution in [0.25, 0.3) is 10.8 Å². The summed E-state index contributed by atoms with van der Waals surface area (Å²) in [7, 11) is -13.5. The number of halogens is 1. The van der Waals surface area contributed by atoms with Crippen LogP contribution in [0, 0.1) is 6.92 Å². The van der Waals surface area contributed by atoms with Crippen molar-refractivity contribution in [2.24, 2.45) is 10.2 Å². The maximum atomic E-state index is 11.5. The van der Waals surface area contributed by atoms with Crippen molar-refractivity contribution in [1.82, 2.24) is 29.9 Å². The number of nitrogens with one attached hydrogen (secondary N) is 4. The molecule has 1 aliphatic rings. The fourth-order valence-corrected chi connectivity index (χ4v) is 7.44.